The molecule has 2 aromatic heterocycles. The molecule has 17 heteroatoms. The summed E-state index contributed by atoms with van der Waals surface area (Å²) in [6, 6.07) is 4.33. The van der Waals surface area contributed by atoms with Crippen molar-refractivity contribution in [3.8, 4) is 0 Å². The number of hydrogen-bond acceptors (Lipinski definition) is 12. The van der Waals surface area contributed by atoms with E-state index in [-0.39, 0.29) is 66.1 Å². The average Bonchev–Trinajstić information content (AvgIpc) is 3.97. The number of aromatic amines is 1. The smallest absolute Gasteiger partial charge is 0.270 e. The lowest BCUT2D eigenvalue weighted by Crippen LogP contribution is -2.59. The largest absolute Gasteiger partial charge is 0.371 e. The molecule has 1 aliphatic carbocycles. The quantitative estimate of drug-likeness (QED) is 0.106. The molecule has 16 nitrogen and oxygen atoms in total. The molecule has 59 heavy (non-hydrogen) atoms. The number of hydrogen-bond donors (Lipinski definition) is 5. The van der Waals surface area contributed by atoms with Gasteiger partial charge in [0.15, 0.2) is 5.82 Å². The van der Waals surface area contributed by atoms with E-state index in [1.165, 1.54) is 11.3 Å². The number of rotatable bonds is 20. The number of anilines is 1. The summed E-state index contributed by atoms with van der Waals surface area (Å²) in [6.07, 6.45) is 6.32. The molecular formula is C42H65N11O5S. The Bertz CT molecular complexity index is 1840. The van der Waals surface area contributed by atoms with E-state index in [1.54, 1.807) is 5.38 Å². The van der Waals surface area contributed by atoms with Crippen LogP contribution in [0.4, 0.5) is 5.69 Å². The Labute approximate surface area is 352 Å². The maximum Gasteiger partial charge on any atom is 0.270 e. The van der Waals surface area contributed by atoms with Crippen molar-refractivity contribution >= 4 is 40.7 Å². The molecule has 3 aromatic rings. The normalized spacial score (nSPS) is 20.7. The van der Waals surface area contributed by atoms with Crippen molar-refractivity contribution in [1.29, 1.82) is 0 Å². The van der Waals surface area contributed by atoms with Crippen LogP contribution in [-0.2, 0) is 25.5 Å². The van der Waals surface area contributed by atoms with Crippen molar-refractivity contribution in [3.05, 3.63) is 51.2 Å². The lowest BCUT2D eigenvalue weighted by Gasteiger charge is -2.40. The number of nitrogens with zero attached hydrogens (tertiary/aromatic N) is 6. The number of fused-ring (bicyclic) bond motifs is 1. The average molecular weight is 836 g/mol. The van der Waals surface area contributed by atoms with Crippen molar-refractivity contribution in [3.63, 3.8) is 0 Å². The highest BCUT2D eigenvalue weighted by atomic mass is 32.1. The molecule has 8 unspecified atom stereocenters. The zero-order chi connectivity index (χ0) is 42.6. The minimum Gasteiger partial charge on any atom is -0.371 e. The molecule has 2 aliphatic rings. The number of amides is 4. The van der Waals surface area contributed by atoms with E-state index in [4.69, 9.17) is 15.5 Å². The van der Waals surface area contributed by atoms with E-state index in [0.717, 1.165) is 56.2 Å². The van der Waals surface area contributed by atoms with Gasteiger partial charge in [-0.15, -0.1) is 21.5 Å². The predicted molar refractivity (Wildman–Crippen MR) is 228 cm³/mol. The van der Waals surface area contributed by atoms with Gasteiger partial charge in [0, 0.05) is 42.7 Å². The standard InChI is InChI=1S/C42H65N11O5S/c1-8-17-53(42(57)37(26(6)10-3)47-40(56)33-14-12-13-18-52(33)7)34(25(5)9-2)22-35(58-11-4)41-46-32(24-59-41)39(55)45-29-19-27-15-16-28(44-36(54)23-43)20-30(27)31(21-29)38-48-50-51-49-38/h15-16,20,24-26,29,31,33-35,37H,8-14,17-19,21-23,43H2,1-7H3,(H,44,54)(H,45,55)(H,47,56)(H,48,49,50,51). The zero-order valence-electron chi connectivity index (χ0n) is 35.8. The van der Waals surface area contributed by atoms with E-state index in [2.05, 4.69) is 69.2 Å². The van der Waals surface area contributed by atoms with Crippen LogP contribution in [0.5, 0.6) is 0 Å². The Morgan fingerprint density at radius 1 is 1.10 bits per heavy atom. The summed E-state index contributed by atoms with van der Waals surface area (Å²) in [5.41, 5.74) is 8.38. The van der Waals surface area contributed by atoms with Gasteiger partial charge in [0.05, 0.1) is 18.5 Å². The number of thiazole rings is 1. The number of tetrazole rings is 1. The minimum atomic E-state index is -0.646. The number of likely N-dealkylation sites (tertiary alicyclic amines) is 1. The summed E-state index contributed by atoms with van der Waals surface area (Å²) < 4.78 is 6.37. The molecule has 1 aromatic carbocycles. The van der Waals surface area contributed by atoms with Crippen LogP contribution in [-0.4, -0.2) is 116 Å². The molecule has 0 saturated carbocycles. The number of aromatic nitrogens is 5. The Morgan fingerprint density at radius 3 is 2.54 bits per heavy atom. The van der Waals surface area contributed by atoms with Gasteiger partial charge in [-0.1, -0.05) is 65.2 Å². The third-order valence-corrected chi connectivity index (χ3v) is 13.1. The van der Waals surface area contributed by atoms with Gasteiger partial charge in [0.25, 0.3) is 5.91 Å². The SMILES string of the molecule is CCCN(C(=O)C(NC(=O)C1CCCCN1C)C(C)CC)C(CC(OCC)c1nc(C(=O)NC2Cc3ccc(NC(=O)CN)cc3C(c3nn[nH]n3)C2)cs1)C(C)CC. The highest BCUT2D eigenvalue weighted by Gasteiger charge is 2.39. The van der Waals surface area contributed by atoms with Crippen LogP contribution in [0.2, 0.25) is 0 Å². The summed E-state index contributed by atoms with van der Waals surface area (Å²) >= 11 is 1.38. The van der Waals surface area contributed by atoms with E-state index in [9.17, 15) is 19.2 Å². The Hall–Kier alpha value is -4.32. The lowest BCUT2D eigenvalue weighted by molar-refractivity contribution is -0.143. The van der Waals surface area contributed by atoms with Crippen molar-refractivity contribution in [2.24, 2.45) is 17.6 Å². The molecular weight excluding hydrogens is 771 g/mol. The molecule has 0 radical (unpaired) electrons. The number of carbonyl (C=O) groups is 4. The molecule has 0 bridgehead atoms. The fourth-order valence-corrected chi connectivity index (χ4v) is 9.28. The van der Waals surface area contributed by atoms with Gasteiger partial charge in [-0.05, 0) is 87.7 Å². The summed E-state index contributed by atoms with van der Waals surface area (Å²) in [6.45, 7) is 14.1. The van der Waals surface area contributed by atoms with Gasteiger partial charge in [0.2, 0.25) is 17.7 Å². The molecule has 8 atom stereocenters. The first-order valence-electron chi connectivity index (χ1n) is 21.5. The maximum absolute atomic E-state index is 14.8. The molecule has 3 heterocycles. The number of H-pyrrole nitrogens is 1. The molecule has 324 valence electrons. The number of benzene rings is 1. The second kappa shape index (κ2) is 21.8. The van der Waals surface area contributed by atoms with Crippen molar-refractivity contribution in [2.45, 2.75) is 136 Å². The molecule has 5 rings (SSSR count). The van der Waals surface area contributed by atoms with Crippen molar-refractivity contribution in [1.82, 2.24) is 46.0 Å². The molecule has 4 amide bonds. The topological polar surface area (TPSA) is 213 Å². The van der Waals surface area contributed by atoms with Crippen LogP contribution in [0.1, 0.15) is 137 Å². The number of likely N-dealkylation sites (N-methyl/N-ethyl adjacent to an activating group) is 1. The third kappa shape index (κ3) is 11.5. The van der Waals surface area contributed by atoms with Crippen LogP contribution < -0.4 is 21.7 Å². The number of nitrogens with two attached hydrogens (primary N) is 1. The first-order chi connectivity index (χ1) is 28.4. The Kier molecular flexibility index (Phi) is 16.9. The molecule has 1 fully saturated rings. The monoisotopic (exact) mass is 835 g/mol. The second-order valence-corrected chi connectivity index (χ2v) is 17.1. The number of ether oxygens (including phenoxy) is 1. The number of carbonyl (C=O) groups excluding carboxylic acids is 4. The van der Waals surface area contributed by atoms with Crippen LogP contribution in [0.25, 0.3) is 0 Å². The Balaban J connectivity index is 1.34. The van der Waals surface area contributed by atoms with Gasteiger partial charge in [-0.2, -0.15) is 5.21 Å². The maximum atomic E-state index is 14.8. The highest BCUT2D eigenvalue weighted by molar-refractivity contribution is 7.09. The summed E-state index contributed by atoms with van der Waals surface area (Å²) in [5.74, 6) is -0.442. The van der Waals surface area contributed by atoms with E-state index in [1.807, 2.05) is 44.0 Å². The number of nitrogens with one attached hydrogen (secondary N) is 4. The van der Waals surface area contributed by atoms with Crippen LogP contribution in [0, 0.1) is 11.8 Å². The van der Waals surface area contributed by atoms with Gasteiger partial charge in [-0.3, -0.25) is 24.1 Å². The molecule has 6 N–H and O–H groups in total. The van der Waals surface area contributed by atoms with Gasteiger partial charge in [-0.25, -0.2) is 4.98 Å². The Morgan fingerprint density at radius 2 is 1.88 bits per heavy atom. The fourth-order valence-electron chi connectivity index (χ4n) is 8.42. The van der Waals surface area contributed by atoms with Crippen molar-refractivity contribution in [2.75, 3.05) is 38.6 Å². The summed E-state index contributed by atoms with van der Waals surface area (Å²) in [4.78, 5) is 63.2. The minimum absolute atomic E-state index is 0.0540. The van der Waals surface area contributed by atoms with E-state index < -0.39 is 12.1 Å². The highest BCUT2D eigenvalue weighted by Crippen LogP contribution is 2.37. The lowest BCUT2D eigenvalue weighted by atomic mass is 9.79. The van der Waals surface area contributed by atoms with E-state index in [0.29, 0.717) is 54.6 Å². The molecule has 0 spiro atoms. The fraction of sp³-hybridized carbons (Fsp3) is 0.667. The summed E-state index contributed by atoms with van der Waals surface area (Å²) in [5, 5.41) is 26.5. The number of piperidine rings is 1. The zero-order valence-corrected chi connectivity index (χ0v) is 36.6. The molecule has 1 saturated heterocycles. The first kappa shape index (κ1) is 45.8. The first-order valence-corrected chi connectivity index (χ1v) is 22.4. The van der Waals surface area contributed by atoms with Gasteiger partial charge >= 0.3 is 0 Å². The van der Waals surface area contributed by atoms with Gasteiger partial charge < -0.3 is 31.3 Å². The van der Waals surface area contributed by atoms with Gasteiger partial charge in [0.1, 0.15) is 22.8 Å². The molecule has 1 aliphatic heterocycles. The van der Waals surface area contributed by atoms with Crippen molar-refractivity contribution < 1.29 is 23.9 Å². The van der Waals surface area contributed by atoms with Crippen LogP contribution in [0.15, 0.2) is 23.6 Å². The predicted octanol–water partition coefficient (Wildman–Crippen LogP) is 4.57. The van der Waals surface area contributed by atoms with Crippen LogP contribution >= 0.6 is 11.3 Å². The second-order valence-electron chi connectivity index (χ2n) is 16.2. The van der Waals surface area contributed by atoms with Crippen LogP contribution in [0.3, 0.4) is 0 Å². The summed E-state index contributed by atoms with van der Waals surface area (Å²) in [7, 11) is 1.99. The van der Waals surface area contributed by atoms with E-state index >= 15 is 0 Å². The third-order valence-electron chi connectivity index (χ3n) is 12.1.